The largest absolute Gasteiger partial charge is 0.377 e. The molecule has 38 heavy (non-hydrogen) atoms. The molecule has 2 bridgehead atoms. The molecule has 3 aromatic heterocycles. The van der Waals surface area contributed by atoms with Crippen molar-refractivity contribution in [2.75, 3.05) is 36.1 Å². The Morgan fingerprint density at radius 3 is 2.87 bits per heavy atom. The number of benzene rings is 1. The van der Waals surface area contributed by atoms with Gasteiger partial charge in [0.15, 0.2) is 11.5 Å². The van der Waals surface area contributed by atoms with E-state index in [0.29, 0.717) is 60.5 Å². The van der Waals surface area contributed by atoms with E-state index in [9.17, 15) is 4.79 Å². The number of anilines is 2. The van der Waals surface area contributed by atoms with Gasteiger partial charge in [-0.05, 0) is 56.4 Å². The molecule has 5 heterocycles. The lowest BCUT2D eigenvalue weighted by Crippen LogP contribution is -2.47. The summed E-state index contributed by atoms with van der Waals surface area (Å²) in [6.45, 7) is 4.66. The average Bonchev–Trinajstić information content (AvgIpc) is 3.61. The normalized spacial score (nSPS) is 23.8. The van der Waals surface area contributed by atoms with Crippen LogP contribution in [0, 0.1) is 17.7 Å². The Bertz CT molecular complexity index is 1500. The number of aromatic amines is 1. The zero-order valence-electron chi connectivity index (χ0n) is 21.3. The monoisotopic (exact) mass is 515 g/mol. The molecule has 0 spiro atoms. The lowest BCUT2D eigenvalue weighted by molar-refractivity contribution is -0.125. The van der Waals surface area contributed by atoms with Crippen molar-refractivity contribution in [3.05, 3.63) is 48.5 Å². The number of nitrogens with one attached hydrogen (secondary N) is 1. The summed E-state index contributed by atoms with van der Waals surface area (Å²) in [5, 5.41) is 12.4. The first-order valence-electron chi connectivity index (χ1n) is 13.4. The number of rotatable bonds is 4. The number of nitrogens with zero attached hydrogens (tertiary/aromatic N) is 6. The van der Waals surface area contributed by atoms with Gasteiger partial charge in [0.05, 0.1) is 25.5 Å². The second-order valence-electron chi connectivity index (χ2n) is 10.7. The molecule has 3 atom stereocenters. The van der Waals surface area contributed by atoms with Crippen molar-refractivity contribution in [1.29, 1.82) is 0 Å². The number of amides is 1. The van der Waals surface area contributed by atoms with Crippen molar-refractivity contribution in [3.63, 3.8) is 0 Å². The molecular weight excluding hydrogens is 485 g/mol. The Hall–Kier alpha value is -3.79. The molecule has 3 aliphatic rings. The zero-order valence-corrected chi connectivity index (χ0v) is 21.3. The third kappa shape index (κ3) is 3.86. The van der Waals surface area contributed by atoms with Gasteiger partial charge in [-0.3, -0.25) is 9.89 Å². The van der Waals surface area contributed by atoms with E-state index in [4.69, 9.17) is 9.72 Å². The van der Waals surface area contributed by atoms with E-state index in [1.807, 2.05) is 18.2 Å². The second-order valence-corrected chi connectivity index (χ2v) is 10.7. The maximum absolute atomic E-state index is 15.9. The van der Waals surface area contributed by atoms with Crippen molar-refractivity contribution in [2.45, 2.75) is 38.6 Å². The molecule has 2 unspecified atom stereocenters. The summed E-state index contributed by atoms with van der Waals surface area (Å²) in [7, 11) is 0. The summed E-state index contributed by atoms with van der Waals surface area (Å²) in [6.07, 6.45) is 7.58. The van der Waals surface area contributed by atoms with Crippen LogP contribution in [0.25, 0.3) is 28.0 Å². The van der Waals surface area contributed by atoms with Gasteiger partial charge in [-0.25, -0.2) is 9.37 Å². The minimum atomic E-state index is -0.368. The fraction of sp³-hybridized carbons (Fsp3) is 0.429. The van der Waals surface area contributed by atoms with Crippen molar-refractivity contribution in [3.8, 4) is 16.9 Å². The molecule has 10 heteroatoms. The predicted octanol–water partition coefficient (Wildman–Crippen LogP) is 4.33. The summed E-state index contributed by atoms with van der Waals surface area (Å²) in [6, 6.07) is 9.05. The number of hydrogen-bond acceptors (Lipinski definition) is 6. The third-order valence-electron chi connectivity index (χ3n) is 8.29. The van der Waals surface area contributed by atoms with Gasteiger partial charge in [-0.15, -0.1) is 0 Å². The highest BCUT2D eigenvalue weighted by Crippen LogP contribution is 2.39. The minimum absolute atomic E-state index is 0.0658. The van der Waals surface area contributed by atoms with Crippen LogP contribution in [0.4, 0.5) is 15.9 Å². The molecule has 1 saturated carbocycles. The summed E-state index contributed by atoms with van der Waals surface area (Å²) in [5.41, 5.74) is 2.39. The molecule has 1 aliphatic carbocycles. The maximum atomic E-state index is 15.9. The molecule has 1 N–H and O–H groups in total. The van der Waals surface area contributed by atoms with Gasteiger partial charge in [-0.1, -0.05) is 6.42 Å². The molecular formula is C28H30FN7O2. The third-order valence-corrected chi connectivity index (χ3v) is 8.29. The zero-order chi connectivity index (χ0) is 25.8. The quantitative estimate of drug-likeness (QED) is 0.435. The molecule has 2 saturated heterocycles. The molecule has 196 valence electrons. The van der Waals surface area contributed by atoms with Crippen molar-refractivity contribution < 1.29 is 13.9 Å². The first-order valence-corrected chi connectivity index (χ1v) is 13.4. The smallest absolute Gasteiger partial charge is 0.230 e. The van der Waals surface area contributed by atoms with Gasteiger partial charge in [0.1, 0.15) is 11.6 Å². The standard InChI is InChI=1S/C28H30FN7O2/c1-17-16-38-10-9-34(17)26-13-22(23-14-31-36(27(23)32-26)25-7-8-30-33-25)21-6-5-20(12-24(21)29)35-15-18-3-2-4-19(11-18)28(35)37/h5-8,12-14,17-19H,2-4,9-11,15-16H2,1H3,(H,30,33)/t17-,18?,19?/m1/s1. The van der Waals surface area contributed by atoms with Crippen molar-refractivity contribution >= 4 is 28.4 Å². The van der Waals surface area contributed by atoms with Crippen LogP contribution in [0.1, 0.15) is 32.6 Å². The molecule has 7 rings (SSSR count). The predicted molar refractivity (Wildman–Crippen MR) is 142 cm³/mol. The van der Waals surface area contributed by atoms with Gasteiger partial charge >= 0.3 is 0 Å². The van der Waals surface area contributed by atoms with Gasteiger partial charge < -0.3 is 14.5 Å². The minimum Gasteiger partial charge on any atom is -0.377 e. The highest BCUT2D eigenvalue weighted by molar-refractivity contribution is 5.98. The fourth-order valence-corrected chi connectivity index (χ4v) is 6.34. The number of halogens is 1. The van der Waals surface area contributed by atoms with E-state index in [-0.39, 0.29) is 23.7 Å². The molecule has 2 aliphatic heterocycles. The number of piperidine rings is 1. The number of ether oxygens (including phenoxy) is 1. The van der Waals surface area contributed by atoms with E-state index in [1.165, 1.54) is 6.07 Å². The number of fused-ring (bicyclic) bond motifs is 3. The van der Waals surface area contributed by atoms with Crippen LogP contribution >= 0.6 is 0 Å². The summed E-state index contributed by atoms with van der Waals surface area (Å²) < 4.78 is 23.2. The van der Waals surface area contributed by atoms with E-state index in [2.05, 4.69) is 27.1 Å². The molecule has 1 amide bonds. The molecule has 4 aromatic rings. The number of H-pyrrole nitrogens is 1. The number of carbonyl (C=O) groups is 1. The van der Waals surface area contributed by atoms with Gasteiger partial charge in [0, 0.05) is 53.5 Å². The average molecular weight is 516 g/mol. The Morgan fingerprint density at radius 2 is 2.05 bits per heavy atom. The van der Waals surface area contributed by atoms with Crippen LogP contribution in [0.2, 0.25) is 0 Å². The number of pyridine rings is 1. The van der Waals surface area contributed by atoms with Gasteiger partial charge in [0.25, 0.3) is 0 Å². The Kier molecular flexibility index (Phi) is 5.65. The topological polar surface area (TPSA) is 92.2 Å². The summed E-state index contributed by atoms with van der Waals surface area (Å²) in [5.74, 6) is 1.67. The molecule has 0 radical (unpaired) electrons. The number of hydrogen-bond donors (Lipinski definition) is 1. The first-order chi connectivity index (χ1) is 18.6. The number of morpholine rings is 1. The van der Waals surface area contributed by atoms with Crippen LogP contribution in [-0.4, -0.2) is 63.2 Å². The van der Waals surface area contributed by atoms with Crippen LogP contribution in [0.15, 0.2) is 42.7 Å². The van der Waals surface area contributed by atoms with Crippen LogP contribution in [0.5, 0.6) is 0 Å². The fourth-order valence-electron chi connectivity index (χ4n) is 6.34. The van der Waals surface area contributed by atoms with Crippen LogP contribution in [0.3, 0.4) is 0 Å². The van der Waals surface area contributed by atoms with E-state index < -0.39 is 0 Å². The molecule has 9 nitrogen and oxygen atoms in total. The van der Waals surface area contributed by atoms with E-state index in [0.717, 1.165) is 36.9 Å². The van der Waals surface area contributed by atoms with Crippen LogP contribution in [-0.2, 0) is 9.53 Å². The Labute approximate surface area is 219 Å². The lowest BCUT2D eigenvalue weighted by Gasteiger charge is -2.40. The summed E-state index contributed by atoms with van der Waals surface area (Å²) in [4.78, 5) is 22.0. The van der Waals surface area contributed by atoms with Gasteiger partial charge in [0.2, 0.25) is 5.91 Å². The second kappa shape index (κ2) is 9.20. The van der Waals surface area contributed by atoms with Crippen molar-refractivity contribution in [2.24, 2.45) is 11.8 Å². The van der Waals surface area contributed by atoms with Crippen molar-refractivity contribution in [1.82, 2.24) is 25.0 Å². The lowest BCUT2D eigenvalue weighted by atomic mass is 9.77. The number of carbonyl (C=O) groups excluding carboxylic acids is 1. The summed E-state index contributed by atoms with van der Waals surface area (Å²) >= 11 is 0. The Morgan fingerprint density at radius 1 is 1.13 bits per heavy atom. The van der Waals surface area contributed by atoms with Crippen LogP contribution < -0.4 is 9.80 Å². The SMILES string of the molecule is C[C@@H]1COCCN1c1cc(-c2ccc(N3CC4CCCC(C4)C3=O)cc2F)c2cnn(-c3cc[nH]n3)c2n1. The van der Waals surface area contributed by atoms with E-state index in [1.54, 1.807) is 28.0 Å². The molecule has 1 aromatic carbocycles. The maximum Gasteiger partial charge on any atom is 0.230 e. The van der Waals surface area contributed by atoms with Gasteiger partial charge in [-0.2, -0.15) is 14.9 Å². The highest BCUT2D eigenvalue weighted by atomic mass is 19.1. The number of aromatic nitrogens is 5. The Balaban J connectivity index is 1.33. The molecule has 3 fully saturated rings. The highest BCUT2D eigenvalue weighted by Gasteiger charge is 2.37. The first kappa shape index (κ1) is 23.3. The van der Waals surface area contributed by atoms with E-state index >= 15 is 4.39 Å².